The third-order valence-corrected chi connectivity index (χ3v) is 5.41. The highest BCUT2D eigenvalue weighted by atomic mass is 19.1. The number of amides is 1. The standard InChI is InChI=1S/C19H27FN2O/c20-17-7-5-16(6-8-17)19(15-2-1-3-15)22-18(23)9-4-14-10-12-21-13-11-14/h5-8,14-15,19,21H,1-4,9-13H2,(H,22,23). The van der Waals surface area contributed by atoms with Gasteiger partial charge in [-0.25, -0.2) is 4.39 Å². The number of rotatable bonds is 6. The molecule has 1 saturated heterocycles. The average Bonchev–Trinajstić information content (AvgIpc) is 2.52. The summed E-state index contributed by atoms with van der Waals surface area (Å²) in [5.74, 6) is 1.10. The Bertz CT molecular complexity index is 507. The number of hydrogen-bond acceptors (Lipinski definition) is 2. The van der Waals surface area contributed by atoms with Crippen LogP contribution in [0, 0.1) is 17.7 Å². The fraction of sp³-hybridized carbons (Fsp3) is 0.632. The van der Waals surface area contributed by atoms with Gasteiger partial charge in [0.05, 0.1) is 6.04 Å². The Hall–Kier alpha value is -1.42. The fourth-order valence-corrected chi connectivity index (χ4v) is 3.67. The maximum absolute atomic E-state index is 13.1. The monoisotopic (exact) mass is 318 g/mol. The van der Waals surface area contributed by atoms with Crippen LogP contribution in [0.1, 0.15) is 56.6 Å². The van der Waals surface area contributed by atoms with Crippen molar-refractivity contribution in [2.24, 2.45) is 11.8 Å². The van der Waals surface area contributed by atoms with Gasteiger partial charge in [-0.1, -0.05) is 18.6 Å². The van der Waals surface area contributed by atoms with Crippen LogP contribution < -0.4 is 10.6 Å². The van der Waals surface area contributed by atoms with E-state index >= 15 is 0 Å². The topological polar surface area (TPSA) is 41.1 Å². The summed E-state index contributed by atoms with van der Waals surface area (Å²) < 4.78 is 13.1. The number of benzene rings is 1. The third kappa shape index (κ3) is 4.54. The summed E-state index contributed by atoms with van der Waals surface area (Å²) in [7, 11) is 0. The molecule has 1 heterocycles. The fourth-order valence-electron chi connectivity index (χ4n) is 3.67. The lowest BCUT2D eigenvalue weighted by Gasteiger charge is -2.35. The summed E-state index contributed by atoms with van der Waals surface area (Å²) in [6.07, 6.45) is 7.47. The van der Waals surface area contributed by atoms with E-state index in [2.05, 4.69) is 10.6 Å². The van der Waals surface area contributed by atoms with E-state index in [1.165, 1.54) is 31.4 Å². The van der Waals surface area contributed by atoms with Crippen LogP contribution in [0.4, 0.5) is 4.39 Å². The molecule has 2 aliphatic rings. The summed E-state index contributed by atoms with van der Waals surface area (Å²) >= 11 is 0. The van der Waals surface area contributed by atoms with Crippen molar-refractivity contribution in [1.29, 1.82) is 0 Å². The predicted molar refractivity (Wildman–Crippen MR) is 89.5 cm³/mol. The van der Waals surface area contributed by atoms with Crippen LogP contribution in [0.5, 0.6) is 0 Å². The summed E-state index contributed by atoms with van der Waals surface area (Å²) in [6.45, 7) is 2.15. The minimum atomic E-state index is -0.224. The summed E-state index contributed by atoms with van der Waals surface area (Å²) in [5.41, 5.74) is 1.03. The van der Waals surface area contributed by atoms with Gasteiger partial charge in [-0.15, -0.1) is 0 Å². The number of piperidine rings is 1. The van der Waals surface area contributed by atoms with E-state index in [4.69, 9.17) is 0 Å². The molecule has 1 unspecified atom stereocenters. The molecule has 2 N–H and O–H groups in total. The Morgan fingerprint density at radius 1 is 1.17 bits per heavy atom. The van der Waals surface area contributed by atoms with Gasteiger partial charge in [-0.05, 0) is 74.7 Å². The summed E-state index contributed by atoms with van der Waals surface area (Å²) in [6, 6.07) is 6.64. The Morgan fingerprint density at radius 3 is 2.48 bits per heavy atom. The molecule has 1 amide bonds. The number of carbonyl (C=O) groups is 1. The van der Waals surface area contributed by atoms with Gasteiger partial charge in [0.2, 0.25) is 5.91 Å². The Kier molecular flexibility index (Phi) is 5.65. The zero-order chi connectivity index (χ0) is 16.1. The highest BCUT2D eigenvalue weighted by Crippen LogP contribution is 2.37. The first-order chi connectivity index (χ1) is 11.2. The van der Waals surface area contributed by atoms with Crippen molar-refractivity contribution < 1.29 is 9.18 Å². The minimum Gasteiger partial charge on any atom is -0.349 e. The Morgan fingerprint density at radius 2 is 1.87 bits per heavy atom. The second kappa shape index (κ2) is 7.91. The molecule has 23 heavy (non-hydrogen) atoms. The van der Waals surface area contributed by atoms with Crippen LogP contribution in [0.3, 0.4) is 0 Å². The molecule has 1 aromatic rings. The van der Waals surface area contributed by atoms with E-state index in [9.17, 15) is 9.18 Å². The van der Waals surface area contributed by atoms with E-state index in [0.717, 1.165) is 37.9 Å². The quantitative estimate of drug-likeness (QED) is 0.842. The van der Waals surface area contributed by atoms with Crippen molar-refractivity contribution in [1.82, 2.24) is 10.6 Å². The van der Waals surface area contributed by atoms with Crippen LogP contribution >= 0.6 is 0 Å². The molecular weight excluding hydrogens is 291 g/mol. The SMILES string of the molecule is O=C(CCC1CCNCC1)NC(c1ccc(F)cc1)C1CCC1. The van der Waals surface area contributed by atoms with Crippen LogP contribution in [-0.2, 0) is 4.79 Å². The largest absolute Gasteiger partial charge is 0.349 e. The number of carbonyl (C=O) groups excluding carboxylic acids is 1. The lowest BCUT2D eigenvalue weighted by atomic mass is 9.77. The molecule has 0 aromatic heterocycles. The zero-order valence-corrected chi connectivity index (χ0v) is 13.7. The molecule has 4 heteroatoms. The van der Waals surface area contributed by atoms with Crippen molar-refractivity contribution in [3.63, 3.8) is 0 Å². The molecule has 0 bridgehead atoms. The lowest BCUT2D eigenvalue weighted by molar-refractivity contribution is -0.122. The lowest BCUT2D eigenvalue weighted by Crippen LogP contribution is -2.36. The van der Waals surface area contributed by atoms with Crippen LogP contribution in [0.25, 0.3) is 0 Å². The maximum atomic E-state index is 13.1. The first-order valence-corrected chi connectivity index (χ1v) is 8.98. The first kappa shape index (κ1) is 16.4. The molecule has 3 rings (SSSR count). The second-order valence-corrected chi connectivity index (χ2v) is 7.02. The molecule has 3 nitrogen and oxygen atoms in total. The van der Waals surface area contributed by atoms with Gasteiger partial charge >= 0.3 is 0 Å². The van der Waals surface area contributed by atoms with Crippen molar-refractivity contribution in [2.75, 3.05) is 13.1 Å². The average molecular weight is 318 g/mol. The van der Waals surface area contributed by atoms with Crippen LogP contribution in [0.15, 0.2) is 24.3 Å². The minimum absolute atomic E-state index is 0.0462. The van der Waals surface area contributed by atoms with E-state index in [1.54, 1.807) is 0 Å². The Labute approximate surface area is 138 Å². The van der Waals surface area contributed by atoms with Crippen molar-refractivity contribution in [2.45, 2.75) is 51.0 Å². The predicted octanol–water partition coefficient (Wildman–Crippen LogP) is 3.56. The van der Waals surface area contributed by atoms with Gasteiger partial charge in [0, 0.05) is 6.42 Å². The Balaban J connectivity index is 1.55. The summed E-state index contributed by atoms with van der Waals surface area (Å²) in [5, 5.41) is 6.58. The molecular formula is C19H27FN2O. The second-order valence-electron chi connectivity index (χ2n) is 7.02. The van der Waals surface area contributed by atoms with Crippen molar-refractivity contribution in [3.05, 3.63) is 35.6 Å². The smallest absolute Gasteiger partial charge is 0.220 e. The molecule has 1 saturated carbocycles. The van der Waals surface area contributed by atoms with E-state index < -0.39 is 0 Å². The van der Waals surface area contributed by atoms with E-state index in [0.29, 0.717) is 18.3 Å². The molecule has 126 valence electrons. The van der Waals surface area contributed by atoms with Crippen LogP contribution in [-0.4, -0.2) is 19.0 Å². The highest BCUT2D eigenvalue weighted by Gasteiger charge is 2.29. The summed E-state index contributed by atoms with van der Waals surface area (Å²) in [4.78, 5) is 12.4. The van der Waals surface area contributed by atoms with E-state index in [-0.39, 0.29) is 17.8 Å². The molecule has 1 aliphatic heterocycles. The molecule has 1 atom stereocenters. The van der Waals surface area contributed by atoms with Gasteiger partial charge in [0.1, 0.15) is 5.82 Å². The highest BCUT2D eigenvalue weighted by molar-refractivity contribution is 5.76. The number of nitrogens with one attached hydrogen (secondary N) is 2. The van der Waals surface area contributed by atoms with Gasteiger partial charge < -0.3 is 10.6 Å². The first-order valence-electron chi connectivity index (χ1n) is 8.98. The van der Waals surface area contributed by atoms with Gasteiger partial charge in [-0.3, -0.25) is 4.79 Å². The zero-order valence-electron chi connectivity index (χ0n) is 13.7. The number of hydrogen-bond donors (Lipinski definition) is 2. The van der Waals surface area contributed by atoms with Crippen molar-refractivity contribution >= 4 is 5.91 Å². The molecule has 0 spiro atoms. The van der Waals surface area contributed by atoms with Crippen molar-refractivity contribution in [3.8, 4) is 0 Å². The number of halogens is 1. The molecule has 2 fully saturated rings. The van der Waals surface area contributed by atoms with E-state index in [1.807, 2.05) is 12.1 Å². The van der Waals surface area contributed by atoms with Gasteiger partial charge in [-0.2, -0.15) is 0 Å². The molecule has 1 aromatic carbocycles. The third-order valence-electron chi connectivity index (χ3n) is 5.41. The normalized spacial score (nSPS) is 20.7. The van der Waals surface area contributed by atoms with Gasteiger partial charge in [0.25, 0.3) is 0 Å². The molecule has 0 radical (unpaired) electrons. The molecule has 1 aliphatic carbocycles. The maximum Gasteiger partial charge on any atom is 0.220 e. The van der Waals surface area contributed by atoms with Crippen LogP contribution in [0.2, 0.25) is 0 Å². The van der Waals surface area contributed by atoms with Gasteiger partial charge in [0.15, 0.2) is 0 Å².